The van der Waals surface area contributed by atoms with E-state index < -0.39 is 18.0 Å². The Morgan fingerprint density at radius 1 is 1.12 bits per heavy atom. The molecule has 5 nitrogen and oxygen atoms in total. The van der Waals surface area contributed by atoms with Gasteiger partial charge in [0.2, 0.25) is 0 Å². The van der Waals surface area contributed by atoms with Crippen molar-refractivity contribution >= 4 is 29.2 Å². The number of hydrogen-bond donors (Lipinski definition) is 1. The SMILES string of the molecule is CCc1ccc(NC(=O)[C@H](C)OC(=O)COc2ccccc2Cl)cc1. The highest BCUT2D eigenvalue weighted by Gasteiger charge is 2.18. The number of benzene rings is 2. The molecule has 0 fully saturated rings. The molecule has 1 amide bonds. The van der Waals surface area contributed by atoms with Gasteiger partial charge >= 0.3 is 5.97 Å². The quantitative estimate of drug-likeness (QED) is 0.761. The third-order valence-electron chi connectivity index (χ3n) is 3.49. The number of hydrogen-bond acceptors (Lipinski definition) is 4. The smallest absolute Gasteiger partial charge is 0.344 e. The molecule has 0 spiro atoms. The molecule has 0 bridgehead atoms. The van der Waals surface area contributed by atoms with Crippen molar-refractivity contribution in [3.05, 3.63) is 59.1 Å². The first-order valence-corrected chi connectivity index (χ1v) is 8.34. The van der Waals surface area contributed by atoms with Crippen LogP contribution in [-0.2, 0) is 20.7 Å². The van der Waals surface area contributed by atoms with Crippen LogP contribution in [0.15, 0.2) is 48.5 Å². The van der Waals surface area contributed by atoms with Crippen LogP contribution in [0, 0.1) is 0 Å². The first-order chi connectivity index (χ1) is 12.0. The van der Waals surface area contributed by atoms with Gasteiger partial charge < -0.3 is 14.8 Å². The van der Waals surface area contributed by atoms with Gasteiger partial charge in [0.15, 0.2) is 12.7 Å². The summed E-state index contributed by atoms with van der Waals surface area (Å²) in [5.74, 6) is -0.673. The normalized spacial score (nSPS) is 11.5. The van der Waals surface area contributed by atoms with Gasteiger partial charge in [0.25, 0.3) is 5.91 Å². The maximum absolute atomic E-state index is 12.1. The minimum Gasteiger partial charge on any atom is -0.480 e. The summed E-state index contributed by atoms with van der Waals surface area (Å²) < 4.78 is 10.4. The van der Waals surface area contributed by atoms with E-state index in [2.05, 4.69) is 12.2 Å². The molecule has 0 unspecified atom stereocenters. The maximum Gasteiger partial charge on any atom is 0.344 e. The highest BCUT2D eigenvalue weighted by molar-refractivity contribution is 6.32. The van der Waals surface area contributed by atoms with Gasteiger partial charge in [0, 0.05) is 5.69 Å². The van der Waals surface area contributed by atoms with Gasteiger partial charge in [0.05, 0.1) is 5.02 Å². The highest BCUT2D eigenvalue weighted by Crippen LogP contribution is 2.22. The molecule has 2 aromatic carbocycles. The first-order valence-electron chi connectivity index (χ1n) is 7.96. The Balaban J connectivity index is 1.81. The highest BCUT2D eigenvalue weighted by atomic mass is 35.5. The molecule has 25 heavy (non-hydrogen) atoms. The Labute approximate surface area is 151 Å². The van der Waals surface area contributed by atoms with E-state index >= 15 is 0 Å². The van der Waals surface area contributed by atoms with E-state index in [1.165, 1.54) is 12.5 Å². The molecule has 0 aromatic heterocycles. The van der Waals surface area contributed by atoms with Gasteiger partial charge in [0.1, 0.15) is 5.75 Å². The lowest BCUT2D eigenvalue weighted by Gasteiger charge is -2.14. The summed E-state index contributed by atoms with van der Waals surface area (Å²) in [6, 6.07) is 14.3. The molecule has 132 valence electrons. The van der Waals surface area contributed by atoms with Crippen molar-refractivity contribution in [2.45, 2.75) is 26.4 Å². The van der Waals surface area contributed by atoms with E-state index in [1.54, 1.807) is 24.3 Å². The van der Waals surface area contributed by atoms with Gasteiger partial charge in [-0.2, -0.15) is 0 Å². The molecular weight excluding hydrogens is 342 g/mol. The van der Waals surface area contributed by atoms with E-state index in [4.69, 9.17) is 21.1 Å². The lowest BCUT2D eigenvalue weighted by Crippen LogP contribution is -2.31. The number of para-hydroxylation sites is 1. The number of amides is 1. The van der Waals surface area contributed by atoms with Crippen molar-refractivity contribution in [1.82, 2.24) is 0 Å². The van der Waals surface area contributed by atoms with Crippen LogP contribution >= 0.6 is 11.6 Å². The van der Waals surface area contributed by atoms with Crippen molar-refractivity contribution in [3.63, 3.8) is 0 Å². The first kappa shape index (κ1) is 18.8. The molecule has 0 saturated heterocycles. The molecule has 0 aliphatic carbocycles. The summed E-state index contributed by atoms with van der Waals surface area (Å²) >= 11 is 5.93. The zero-order valence-electron chi connectivity index (χ0n) is 14.1. The van der Waals surface area contributed by atoms with Crippen LogP contribution in [0.1, 0.15) is 19.4 Å². The molecule has 0 aliphatic heterocycles. The molecule has 0 aliphatic rings. The van der Waals surface area contributed by atoms with Crippen LogP contribution in [0.4, 0.5) is 5.69 Å². The standard InChI is InChI=1S/C19H20ClNO4/c1-3-14-8-10-15(11-9-14)21-19(23)13(2)25-18(22)12-24-17-7-5-4-6-16(17)20/h4-11,13H,3,12H2,1-2H3,(H,21,23)/t13-/m0/s1. The number of esters is 1. The van der Waals surface area contributed by atoms with Crippen molar-refractivity contribution < 1.29 is 19.1 Å². The lowest BCUT2D eigenvalue weighted by atomic mass is 10.1. The summed E-state index contributed by atoms with van der Waals surface area (Å²) in [7, 11) is 0. The largest absolute Gasteiger partial charge is 0.480 e. The van der Waals surface area contributed by atoms with Crippen LogP contribution in [-0.4, -0.2) is 24.6 Å². The van der Waals surface area contributed by atoms with Crippen LogP contribution in [0.5, 0.6) is 5.75 Å². The summed E-state index contributed by atoms with van der Waals surface area (Å²) in [5.41, 5.74) is 1.83. The molecule has 1 atom stereocenters. The fourth-order valence-corrected chi connectivity index (χ4v) is 2.24. The molecular formula is C19H20ClNO4. The van der Waals surface area contributed by atoms with Crippen molar-refractivity contribution in [2.24, 2.45) is 0 Å². The van der Waals surface area contributed by atoms with Gasteiger partial charge in [-0.05, 0) is 43.2 Å². The molecule has 0 saturated carbocycles. The topological polar surface area (TPSA) is 64.6 Å². The lowest BCUT2D eigenvalue weighted by molar-refractivity contribution is -0.155. The molecule has 1 N–H and O–H groups in total. The second kappa shape index (κ2) is 9.08. The molecule has 6 heteroatoms. The summed E-state index contributed by atoms with van der Waals surface area (Å²) in [5, 5.41) is 3.10. The minimum absolute atomic E-state index is 0.327. The van der Waals surface area contributed by atoms with Crippen molar-refractivity contribution in [1.29, 1.82) is 0 Å². The number of anilines is 1. The zero-order chi connectivity index (χ0) is 18.2. The van der Waals surface area contributed by atoms with E-state index in [0.29, 0.717) is 16.5 Å². The van der Waals surface area contributed by atoms with Gasteiger partial charge in [-0.3, -0.25) is 4.79 Å². The monoisotopic (exact) mass is 361 g/mol. The van der Waals surface area contributed by atoms with Crippen LogP contribution in [0.2, 0.25) is 5.02 Å². The number of rotatable bonds is 7. The molecule has 0 heterocycles. The summed E-state index contributed by atoms with van der Waals surface area (Å²) in [6.45, 7) is 3.23. The van der Waals surface area contributed by atoms with Crippen LogP contribution in [0.3, 0.4) is 0 Å². The van der Waals surface area contributed by atoms with E-state index in [1.807, 2.05) is 24.3 Å². The van der Waals surface area contributed by atoms with Gasteiger partial charge in [-0.25, -0.2) is 4.79 Å². The van der Waals surface area contributed by atoms with E-state index in [0.717, 1.165) is 6.42 Å². The van der Waals surface area contributed by atoms with Crippen molar-refractivity contribution in [2.75, 3.05) is 11.9 Å². The predicted molar refractivity (Wildman–Crippen MR) is 97.0 cm³/mol. The summed E-state index contributed by atoms with van der Waals surface area (Å²) in [6.07, 6.45) is -0.0126. The van der Waals surface area contributed by atoms with Crippen LogP contribution < -0.4 is 10.1 Å². The third kappa shape index (κ3) is 5.80. The second-order valence-electron chi connectivity index (χ2n) is 5.39. The number of carbonyl (C=O) groups excluding carboxylic acids is 2. The Bertz CT molecular complexity index is 730. The average Bonchev–Trinajstić information content (AvgIpc) is 2.61. The molecule has 2 aromatic rings. The minimum atomic E-state index is -0.937. The average molecular weight is 362 g/mol. The predicted octanol–water partition coefficient (Wildman–Crippen LogP) is 3.85. The Morgan fingerprint density at radius 2 is 1.80 bits per heavy atom. The van der Waals surface area contributed by atoms with Gasteiger partial charge in [-0.1, -0.05) is 42.8 Å². The number of carbonyl (C=O) groups is 2. The number of nitrogens with one attached hydrogen (secondary N) is 1. The fraction of sp³-hybridized carbons (Fsp3) is 0.263. The summed E-state index contributed by atoms with van der Waals surface area (Å²) in [4.78, 5) is 23.9. The number of ether oxygens (including phenoxy) is 2. The fourth-order valence-electron chi connectivity index (χ4n) is 2.05. The number of aryl methyl sites for hydroxylation is 1. The van der Waals surface area contributed by atoms with Crippen LogP contribution in [0.25, 0.3) is 0 Å². The van der Waals surface area contributed by atoms with E-state index in [9.17, 15) is 9.59 Å². The Morgan fingerprint density at radius 3 is 2.44 bits per heavy atom. The number of halogens is 1. The molecule has 2 rings (SSSR count). The second-order valence-corrected chi connectivity index (χ2v) is 5.80. The molecule has 0 radical (unpaired) electrons. The van der Waals surface area contributed by atoms with Gasteiger partial charge in [-0.15, -0.1) is 0 Å². The van der Waals surface area contributed by atoms with E-state index in [-0.39, 0.29) is 6.61 Å². The Hall–Kier alpha value is -2.53. The van der Waals surface area contributed by atoms with Crippen molar-refractivity contribution in [3.8, 4) is 5.75 Å². The zero-order valence-corrected chi connectivity index (χ0v) is 14.9. The third-order valence-corrected chi connectivity index (χ3v) is 3.80. The Kier molecular flexibility index (Phi) is 6.83. The maximum atomic E-state index is 12.1.